The molecule has 1 N–H and O–H groups in total. The summed E-state index contributed by atoms with van der Waals surface area (Å²) in [6, 6.07) is 11.4. The molecule has 150 valence electrons. The minimum Gasteiger partial charge on any atom is -0.493 e. The van der Waals surface area contributed by atoms with Crippen molar-refractivity contribution in [2.45, 2.75) is 13.2 Å². The van der Waals surface area contributed by atoms with E-state index < -0.39 is 12.5 Å². The molecule has 0 saturated heterocycles. The summed E-state index contributed by atoms with van der Waals surface area (Å²) in [6.07, 6.45) is 1.19. The molecule has 0 aliphatic heterocycles. The van der Waals surface area contributed by atoms with Gasteiger partial charge in [-0.3, -0.25) is 4.79 Å². The summed E-state index contributed by atoms with van der Waals surface area (Å²) in [7, 11) is 3.06. The molecule has 1 amide bonds. The van der Waals surface area contributed by atoms with Crippen molar-refractivity contribution in [1.82, 2.24) is 5.32 Å². The number of nitrogens with one attached hydrogen (secondary N) is 1. The van der Waals surface area contributed by atoms with Crippen LogP contribution in [0.4, 0.5) is 8.78 Å². The molecule has 0 heterocycles. The van der Waals surface area contributed by atoms with Crippen molar-refractivity contribution in [3.05, 3.63) is 53.6 Å². The normalized spacial score (nSPS) is 10.8. The number of ether oxygens (including phenoxy) is 3. The Hall–Kier alpha value is -3.36. The van der Waals surface area contributed by atoms with Gasteiger partial charge in [-0.25, -0.2) is 0 Å². The molecule has 0 spiro atoms. The minimum atomic E-state index is -2.95. The summed E-state index contributed by atoms with van der Waals surface area (Å²) in [5, 5.41) is 6.27. The highest BCUT2D eigenvalue weighted by Gasteiger charge is 2.08. The molecular formula is C19H20F2N2O5. The first-order valence-corrected chi connectivity index (χ1v) is 8.20. The lowest BCUT2D eigenvalue weighted by Gasteiger charge is -2.10. The third kappa shape index (κ3) is 6.42. The molecular weight excluding hydrogens is 374 g/mol. The van der Waals surface area contributed by atoms with Crippen LogP contribution in [-0.4, -0.2) is 39.6 Å². The quantitative estimate of drug-likeness (QED) is 0.495. The first-order chi connectivity index (χ1) is 13.5. The summed E-state index contributed by atoms with van der Waals surface area (Å²) >= 11 is 0. The second-order valence-electron chi connectivity index (χ2n) is 5.39. The van der Waals surface area contributed by atoms with E-state index in [4.69, 9.17) is 14.3 Å². The van der Waals surface area contributed by atoms with Gasteiger partial charge in [0.2, 0.25) is 0 Å². The van der Waals surface area contributed by atoms with E-state index in [0.717, 1.165) is 5.56 Å². The number of carbonyl (C=O) groups is 1. The largest absolute Gasteiger partial charge is 0.493 e. The van der Waals surface area contributed by atoms with Gasteiger partial charge in [-0.15, -0.1) is 0 Å². The van der Waals surface area contributed by atoms with Crippen LogP contribution < -0.4 is 19.5 Å². The summed E-state index contributed by atoms with van der Waals surface area (Å²) < 4.78 is 39.4. The molecule has 0 aromatic heterocycles. The monoisotopic (exact) mass is 394 g/mol. The predicted molar refractivity (Wildman–Crippen MR) is 98.0 cm³/mol. The topological polar surface area (TPSA) is 78.4 Å². The number of para-hydroxylation sites is 1. The van der Waals surface area contributed by atoms with Crippen molar-refractivity contribution in [2.24, 2.45) is 5.16 Å². The first-order valence-electron chi connectivity index (χ1n) is 8.20. The van der Waals surface area contributed by atoms with Crippen LogP contribution in [-0.2, 0) is 16.2 Å². The summed E-state index contributed by atoms with van der Waals surface area (Å²) in [5.74, 6) is 0.706. The third-order valence-electron chi connectivity index (χ3n) is 3.53. The molecule has 2 aromatic carbocycles. The molecule has 0 aliphatic carbocycles. The Morgan fingerprint density at radius 1 is 1.11 bits per heavy atom. The number of nitrogens with zero attached hydrogens (tertiary/aromatic N) is 1. The molecule has 2 aromatic rings. The Labute approximate surface area is 160 Å². The molecule has 0 radical (unpaired) electrons. The number of benzene rings is 2. The van der Waals surface area contributed by atoms with Crippen LogP contribution in [0.3, 0.4) is 0 Å². The van der Waals surface area contributed by atoms with E-state index in [9.17, 15) is 13.6 Å². The molecule has 0 unspecified atom stereocenters. The van der Waals surface area contributed by atoms with Gasteiger partial charge >= 0.3 is 6.61 Å². The van der Waals surface area contributed by atoms with Crippen LogP contribution in [0.1, 0.15) is 11.1 Å². The van der Waals surface area contributed by atoms with Gasteiger partial charge in [0, 0.05) is 12.1 Å². The fraction of sp³-hybridized carbons (Fsp3) is 0.263. The van der Waals surface area contributed by atoms with Crippen molar-refractivity contribution in [3.63, 3.8) is 0 Å². The Morgan fingerprint density at radius 3 is 2.57 bits per heavy atom. The van der Waals surface area contributed by atoms with Gasteiger partial charge in [0.25, 0.3) is 5.91 Å². The predicted octanol–water partition coefficient (Wildman–Crippen LogP) is 2.97. The van der Waals surface area contributed by atoms with Crippen molar-refractivity contribution in [1.29, 1.82) is 0 Å². The van der Waals surface area contributed by atoms with Crippen LogP contribution in [0.2, 0.25) is 0 Å². The van der Waals surface area contributed by atoms with Crippen molar-refractivity contribution < 1.29 is 32.6 Å². The van der Waals surface area contributed by atoms with Crippen LogP contribution in [0, 0.1) is 0 Å². The summed E-state index contributed by atoms with van der Waals surface area (Å²) in [5.41, 5.74) is 1.11. The van der Waals surface area contributed by atoms with Gasteiger partial charge in [-0.2, -0.15) is 8.78 Å². The molecule has 2 rings (SSSR count). The van der Waals surface area contributed by atoms with E-state index in [2.05, 4.69) is 15.2 Å². The van der Waals surface area contributed by atoms with Crippen LogP contribution in [0.5, 0.6) is 17.2 Å². The minimum absolute atomic E-state index is 0.0391. The second-order valence-corrected chi connectivity index (χ2v) is 5.39. The lowest BCUT2D eigenvalue weighted by atomic mass is 10.2. The molecule has 0 aliphatic rings. The third-order valence-corrected chi connectivity index (χ3v) is 3.53. The van der Waals surface area contributed by atoms with E-state index in [-0.39, 0.29) is 18.9 Å². The van der Waals surface area contributed by atoms with E-state index in [1.54, 1.807) is 30.3 Å². The van der Waals surface area contributed by atoms with Crippen LogP contribution >= 0.6 is 0 Å². The Bertz CT molecular complexity index is 815. The van der Waals surface area contributed by atoms with E-state index in [1.807, 2.05) is 0 Å². The molecule has 7 nitrogen and oxygen atoms in total. The standard InChI is InChI=1S/C19H20F2N2O5/c1-25-16-8-7-13(9-17(16)26-2)10-22-18(24)12-27-23-11-14-5-3-4-6-15(14)28-19(20)21/h3-9,11,19H,10,12H2,1-2H3,(H,22,24)/b23-11-. The summed E-state index contributed by atoms with van der Waals surface area (Å²) in [6.45, 7) is -3.02. The average Bonchev–Trinajstić information content (AvgIpc) is 2.70. The van der Waals surface area contributed by atoms with Gasteiger partial charge in [-0.1, -0.05) is 23.4 Å². The highest BCUT2D eigenvalue weighted by molar-refractivity contribution is 5.83. The Balaban J connectivity index is 1.81. The second kappa shape index (κ2) is 10.7. The maximum Gasteiger partial charge on any atom is 0.387 e. The van der Waals surface area contributed by atoms with Crippen molar-refractivity contribution >= 4 is 12.1 Å². The van der Waals surface area contributed by atoms with Crippen LogP contribution in [0.25, 0.3) is 0 Å². The van der Waals surface area contributed by atoms with Gasteiger partial charge in [-0.05, 0) is 29.8 Å². The van der Waals surface area contributed by atoms with Gasteiger partial charge in [0.15, 0.2) is 18.1 Å². The number of amides is 1. The molecule has 0 saturated carbocycles. The zero-order chi connectivity index (χ0) is 20.4. The number of halogens is 2. The lowest BCUT2D eigenvalue weighted by molar-refractivity contribution is -0.125. The Kier molecular flexibility index (Phi) is 8.01. The molecule has 0 bridgehead atoms. The highest BCUT2D eigenvalue weighted by Crippen LogP contribution is 2.27. The van der Waals surface area contributed by atoms with Crippen molar-refractivity contribution in [2.75, 3.05) is 20.8 Å². The van der Waals surface area contributed by atoms with Gasteiger partial charge in [0.1, 0.15) is 5.75 Å². The number of hydrogen-bond acceptors (Lipinski definition) is 6. The molecule has 0 fully saturated rings. The molecule has 0 atom stereocenters. The van der Waals surface area contributed by atoms with E-state index >= 15 is 0 Å². The molecule has 28 heavy (non-hydrogen) atoms. The SMILES string of the molecule is COc1ccc(CNC(=O)CO/N=C\c2ccccc2OC(F)F)cc1OC. The zero-order valence-electron chi connectivity index (χ0n) is 15.4. The highest BCUT2D eigenvalue weighted by atomic mass is 19.3. The molecule has 9 heteroatoms. The first kappa shape index (κ1) is 20.9. The van der Waals surface area contributed by atoms with E-state index in [1.165, 1.54) is 32.6 Å². The number of rotatable bonds is 10. The average molecular weight is 394 g/mol. The fourth-order valence-corrected chi connectivity index (χ4v) is 2.22. The van der Waals surface area contributed by atoms with Crippen molar-refractivity contribution in [3.8, 4) is 17.2 Å². The van der Waals surface area contributed by atoms with Gasteiger partial charge in [0.05, 0.1) is 20.4 Å². The maximum absolute atomic E-state index is 12.3. The smallest absolute Gasteiger partial charge is 0.387 e. The summed E-state index contributed by atoms with van der Waals surface area (Å²) in [4.78, 5) is 16.7. The lowest BCUT2D eigenvalue weighted by Crippen LogP contribution is -2.26. The van der Waals surface area contributed by atoms with Crippen LogP contribution in [0.15, 0.2) is 47.6 Å². The number of alkyl halides is 2. The maximum atomic E-state index is 12.3. The number of methoxy groups -OCH3 is 2. The number of hydrogen-bond donors (Lipinski definition) is 1. The number of carbonyl (C=O) groups excluding carboxylic acids is 1. The van der Waals surface area contributed by atoms with E-state index in [0.29, 0.717) is 17.1 Å². The number of oxime groups is 1. The fourth-order valence-electron chi connectivity index (χ4n) is 2.22. The van der Waals surface area contributed by atoms with Gasteiger partial charge < -0.3 is 24.4 Å². The zero-order valence-corrected chi connectivity index (χ0v) is 15.4. The Morgan fingerprint density at radius 2 is 1.86 bits per heavy atom.